The third-order valence-corrected chi connectivity index (χ3v) is 5.42. The van der Waals surface area contributed by atoms with E-state index in [0.29, 0.717) is 0 Å². The zero-order valence-electron chi connectivity index (χ0n) is 14.3. The summed E-state index contributed by atoms with van der Waals surface area (Å²) in [4.78, 5) is 4.10. The molecule has 0 aliphatic carbocycles. The molecule has 1 unspecified atom stereocenters. The number of aryl methyl sites for hydroxylation is 1. The Kier molecular flexibility index (Phi) is 8.39. The van der Waals surface area contributed by atoms with Crippen molar-refractivity contribution in [2.75, 3.05) is 0 Å². The number of allylic oxidation sites excluding steroid dienone is 3. The van der Waals surface area contributed by atoms with Crippen LogP contribution in [0.1, 0.15) is 33.3 Å². The topological polar surface area (TPSA) is 0 Å². The van der Waals surface area contributed by atoms with Gasteiger partial charge in [-0.15, -0.1) is 0 Å². The standard InChI is InChI=1S/C19H21S.C2H6/c1-4-9-17(5-2)20(18-10-7-6-8-11-18)19-14-12-16(3)13-15-19;1-2/h4-15H,1-3H3;1-2H3/q+1;/b9-4-,17-5+;. The predicted octanol–water partition coefficient (Wildman–Crippen LogP) is 6.54. The van der Waals surface area contributed by atoms with Gasteiger partial charge in [0.1, 0.15) is 0 Å². The molecular weight excluding hydrogens is 284 g/mol. The fourth-order valence-corrected chi connectivity index (χ4v) is 4.25. The maximum atomic E-state index is 2.25. The Labute approximate surface area is 138 Å². The molecule has 116 valence electrons. The maximum absolute atomic E-state index is 2.25. The highest BCUT2D eigenvalue weighted by atomic mass is 32.2. The first-order valence-corrected chi connectivity index (χ1v) is 9.13. The fourth-order valence-electron chi connectivity index (χ4n) is 2.09. The van der Waals surface area contributed by atoms with Crippen molar-refractivity contribution in [3.63, 3.8) is 0 Å². The highest BCUT2D eigenvalue weighted by Gasteiger charge is 2.28. The molecule has 0 bridgehead atoms. The van der Waals surface area contributed by atoms with Crippen LogP contribution < -0.4 is 0 Å². The summed E-state index contributed by atoms with van der Waals surface area (Å²) in [5.74, 6) is 0. The van der Waals surface area contributed by atoms with Gasteiger partial charge in [0.15, 0.2) is 14.7 Å². The van der Waals surface area contributed by atoms with Crippen LogP contribution >= 0.6 is 0 Å². The van der Waals surface area contributed by atoms with Gasteiger partial charge in [0.05, 0.1) is 10.9 Å². The summed E-state index contributed by atoms with van der Waals surface area (Å²) in [7, 11) is -0.0229. The van der Waals surface area contributed by atoms with E-state index >= 15 is 0 Å². The molecule has 0 saturated heterocycles. The molecule has 0 radical (unpaired) electrons. The minimum absolute atomic E-state index is 0.0229. The van der Waals surface area contributed by atoms with E-state index in [4.69, 9.17) is 0 Å². The number of benzene rings is 2. The van der Waals surface area contributed by atoms with E-state index in [1.165, 1.54) is 20.3 Å². The molecule has 1 atom stereocenters. The molecule has 22 heavy (non-hydrogen) atoms. The van der Waals surface area contributed by atoms with E-state index in [9.17, 15) is 0 Å². The van der Waals surface area contributed by atoms with Crippen molar-refractivity contribution in [2.45, 2.75) is 44.4 Å². The van der Waals surface area contributed by atoms with E-state index in [-0.39, 0.29) is 10.9 Å². The minimum atomic E-state index is -0.0229. The number of rotatable bonds is 4. The Morgan fingerprint density at radius 3 is 1.86 bits per heavy atom. The third-order valence-electron chi connectivity index (χ3n) is 3.09. The molecule has 1 heteroatoms. The van der Waals surface area contributed by atoms with E-state index in [2.05, 4.69) is 93.6 Å². The summed E-state index contributed by atoms with van der Waals surface area (Å²) in [6, 6.07) is 19.6. The SMILES string of the molecule is C/C=C\C(=C/C)[S+](c1ccccc1)c1ccc(C)cc1.CC. The van der Waals surface area contributed by atoms with Crippen molar-refractivity contribution in [3.8, 4) is 0 Å². The van der Waals surface area contributed by atoms with Crippen LogP contribution in [0.25, 0.3) is 0 Å². The third kappa shape index (κ3) is 4.92. The molecular formula is C21H27S+. The molecule has 0 heterocycles. The molecule has 0 saturated carbocycles. The van der Waals surface area contributed by atoms with E-state index < -0.39 is 0 Å². The van der Waals surface area contributed by atoms with E-state index in [0.717, 1.165) is 0 Å². The average Bonchev–Trinajstić information content (AvgIpc) is 2.59. The second kappa shape index (κ2) is 10.1. The van der Waals surface area contributed by atoms with Gasteiger partial charge in [0.25, 0.3) is 0 Å². The first kappa shape index (κ1) is 18.3. The Balaban J connectivity index is 0.00000116. The largest absolute Gasteiger partial charge is 0.166 e. The normalized spacial score (nSPS) is 12.7. The molecule has 2 rings (SSSR count). The van der Waals surface area contributed by atoms with Gasteiger partial charge >= 0.3 is 0 Å². The van der Waals surface area contributed by atoms with Gasteiger partial charge in [-0.2, -0.15) is 0 Å². The lowest BCUT2D eigenvalue weighted by atomic mass is 10.2. The van der Waals surface area contributed by atoms with Gasteiger partial charge in [-0.05, 0) is 57.2 Å². The first-order chi connectivity index (χ1) is 10.8. The predicted molar refractivity (Wildman–Crippen MR) is 101 cm³/mol. The molecule has 0 aliphatic heterocycles. The molecule has 0 spiro atoms. The van der Waals surface area contributed by atoms with Crippen molar-refractivity contribution in [1.29, 1.82) is 0 Å². The molecule has 0 aliphatic rings. The highest BCUT2D eigenvalue weighted by Crippen LogP contribution is 2.31. The summed E-state index contributed by atoms with van der Waals surface area (Å²) >= 11 is 0. The lowest BCUT2D eigenvalue weighted by Crippen LogP contribution is -2.05. The van der Waals surface area contributed by atoms with Crippen LogP contribution in [0.5, 0.6) is 0 Å². The second-order valence-corrected chi connectivity index (χ2v) is 6.65. The Bertz CT molecular complexity index is 592. The van der Waals surface area contributed by atoms with Gasteiger partial charge < -0.3 is 0 Å². The van der Waals surface area contributed by atoms with Gasteiger partial charge in [-0.1, -0.05) is 55.8 Å². The van der Waals surface area contributed by atoms with Crippen molar-refractivity contribution >= 4 is 10.9 Å². The summed E-state index contributed by atoms with van der Waals surface area (Å²) in [5, 5.41) is 0. The maximum Gasteiger partial charge on any atom is 0.166 e. The minimum Gasteiger partial charge on any atom is -0.0827 e. The van der Waals surface area contributed by atoms with Crippen LogP contribution in [0.2, 0.25) is 0 Å². The average molecular weight is 312 g/mol. The van der Waals surface area contributed by atoms with Crippen LogP contribution in [-0.4, -0.2) is 0 Å². The van der Waals surface area contributed by atoms with Crippen LogP contribution in [0.3, 0.4) is 0 Å². The van der Waals surface area contributed by atoms with Crippen LogP contribution in [0.15, 0.2) is 87.5 Å². The van der Waals surface area contributed by atoms with Crippen LogP contribution in [0.4, 0.5) is 0 Å². The zero-order chi connectivity index (χ0) is 16.4. The number of hydrogen-bond donors (Lipinski definition) is 0. The van der Waals surface area contributed by atoms with Gasteiger partial charge in [-0.3, -0.25) is 0 Å². The molecule has 0 nitrogen and oxygen atoms in total. The highest BCUT2D eigenvalue weighted by molar-refractivity contribution is 8.00. The zero-order valence-corrected chi connectivity index (χ0v) is 15.2. The lowest BCUT2D eigenvalue weighted by Gasteiger charge is -2.08. The summed E-state index contributed by atoms with van der Waals surface area (Å²) in [6.45, 7) is 10.3. The molecule has 2 aromatic carbocycles. The van der Waals surface area contributed by atoms with Gasteiger partial charge in [0, 0.05) is 0 Å². The van der Waals surface area contributed by atoms with Crippen molar-refractivity contribution in [2.24, 2.45) is 0 Å². The fraction of sp³-hybridized carbons (Fsp3) is 0.238. The van der Waals surface area contributed by atoms with Crippen molar-refractivity contribution in [3.05, 3.63) is 83.3 Å². The molecule has 0 amide bonds. The van der Waals surface area contributed by atoms with Crippen molar-refractivity contribution in [1.82, 2.24) is 0 Å². The van der Waals surface area contributed by atoms with Gasteiger partial charge in [-0.25, -0.2) is 0 Å². The quantitative estimate of drug-likeness (QED) is 0.444. The van der Waals surface area contributed by atoms with E-state index in [1.807, 2.05) is 13.8 Å². The van der Waals surface area contributed by atoms with Crippen LogP contribution in [-0.2, 0) is 10.9 Å². The lowest BCUT2D eigenvalue weighted by molar-refractivity contribution is 1.34. The van der Waals surface area contributed by atoms with Gasteiger partial charge in [0.2, 0.25) is 0 Å². The van der Waals surface area contributed by atoms with Crippen molar-refractivity contribution < 1.29 is 0 Å². The first-order valence-electron chi connectivity index (χ1n) is 7.91. The summed E-state index contributed by atoms with van der Waals surface area (Å²) in [5.41, 5.74) is 1.30. The molecule has 0 N–H and O–H groups in total. The Morgan fingerprint density at radius 2 is 1.36 bits per heavy atom. The second-order valence-electron chi connectivity index (χ2n) is 4.62. The monoisotopic (exact) mass is 311 g/mol. The Hall–Kier alpha value is -1.73. The molecule has 2 aromatic rings. The molecule has 0 aromatic heterocycles. The smallest absolute Gasteiger partial charge is 0.0827 e. The molecule has 0 fully saturated rings. The van der Waals surface area contributed by atoms with Crippen LogP contribution in [0, 0.1) is 6.92 Å². The van der Waals surface area contributed by atoms with E-state index in [1.54, 1.807) is 0 Å². The number of hydrogen-bond acceptors (Lipinski definition) is 0. The summed E-state index contributed by atoms with van der Waals surface area (Å²) in [6.07, 6.45) is 6.55. The summed E-state index contributed by atoms with van der Waals surface area (Å²) < 4.78 is 0. The Morgan fingerprint density at radius 1 is 0.818 bits per heavy atom.